The van der Waals surface area contributed by atoms with Gasteiger partial charge in [-0.2, -0.15) is 0 Å². The normalized spacial score (nSPS) is 37.7. The third-order valence-corrected chi connectivity index (χ3v) is 10.8. The average Bonchev–Trinajstić information content (AvgIpc) is 3.52. The van der Waals surface area contributed by atoms with Gasteiger partial charge in [0, 0.05) is 17.7 Å². The zero-order valence-corrected chi connectivity index (χ0v) is 20.8. The summed E-state index contributed by atoms with van der Waals surface area (Å²) >= 11 is 1.42. The number of amides is 1. The Labute approximate surface area is 208 Å². The Balaban J connectivity index is 1.16. The largest absolute Gasteiger partial charge is 0.393 e. The molecule has 2 N–H and O–H groups in total. The lowest BCUT2D eigenvalue weighted by Crippen LogP contribution is -2.57. The molecule has 0 aliphatic heterocycles. The lowest BCUT2D eigenvalue weighted by molar-refractivity contribution is -0.140. The van der Waals surface area contributed by atoms with Gasteiger partial charge in [-0.1, -0.05) is 35.9 Å². The van der Waals surface area contributed by atoms with Crippen molar-refractivity contribution in [3.63, 3.8) is 0 Å². The Hall–Kier alpha value is -2.58. The molecule has 7 atom stereocenters. The molecule has 3 fully saturated rings. The summed E-state index contributed by atoms with van der Waals surface area (Å²) in [6.07, 6.45) is 10.8. The van der Waals surface area contributed by atoms with E-state index in [2.05, 4.69) is 40.4 Å². The van der Waals surface area contributed by atoms with Crippen LogP contribution < -0.4 is 5.32 Å². The topological polar surface area (TPSA) is 101 Å². The Morgan fingerprint density at radius 1 is 1.29 bits per heavy atom. The second kappa shape index (κ2) is 7.46. The van der Waals surface area contributed by atoms with Gasteiger partial charge in [-0.25, -0.2) is 9.97 Å². The number of hydrogen-bond donors (Lipinski definition) is 2. The van der Waals surface area contributed by atoms with Crippen molar-refractivity contribution >= 4 is 38.8 Å². The highest BCUT2D eigenvalue weighted by Crippen LogP contribution is 2.66. The number of anilines is 1. The molecule has 7 rings (SSSR count). The Morgan fingerprint density at radius 3 is 3.03 bits per heavy atom. The predicted molar refractivity (Wildman–Crippen MR) is 133 cm³/mol. The molecule has 4 aliphatic rings. The second-order valence-corrected chi connectivity index (χ2v) is 12.5. The van der Waals surface area contributed by atoms with Gasteiger partial charge >= 0.3 is 0 Å². The number of aliphatic hydroxyl groups excluding tert-OH is 1. The minimum atomic E-state index is -0.434. The van der Waals surface area contributed by atoms with Crippen LogP contribution >= 0.6 is 11.3 Å². The molecule has 4 aliphatic carbocycles. The quantitative estimate of drug-likeness (QED) is 0.519. The summed E-state index contributed by atoms with van der Waals surface area (Å²) < 4.78 is 5.47. The first-order chi connectivity index (χ1) is 16.9. The number of rotatable bonds is 2. The highest BCUT2D eigenvalue weighted by Gasteiger charge is 2.63. The first-order valence-corrected chi connectivity index (χ1v) is 13.5. The lowest BCUT2D eigenvalue weighted by atomic mass is 9.46. The molecule has 35 heavy (non-hydrogen) atoms. The fourth-order valence-electron chi connectivity index (χ4n) is 8.46. The van der Waals surface area contributed by atoms with Crippen LogP contribution in [0.5, 0.6) is 0 Å². The molecule has 3 saturated carbocycles. The van der Waals surface area contributed by atoms with Crippen LogP contribution in [0.15, 0.2) is 34.6 Å². The van der Waals surface area contributed by atoms with E-state index in [-0.39, 0.29) is 28.6 Å². The molecule has 0 radical (unpaired) electrons. The number of hydrogen-bond acceptors (Lipinski definition) is 7. The van der Waals surface area contributed by atoms with Crippen LogP contribution in [0.1, 0.15) is 57.3 Å². The average molecular weight is 491 g/mol. The van der Waals surface area contributed by atoms with Crippen LogP contribution in [-0.2, 0) is 11.2 Å². The zero-order chi connectivity index (χ0) is 23.9. The minimum Gasteiger partial charge on any atom is -0.393 e. The van der Waals surface area contributed by atoms with E-state index in [4.69, 9.17) is 4.52 Å². The van der Waals surface area contributed by atoms with Crippen LogP contribution in [0, 0.1) is 34.5 Å². The summed E-state index contributed by atoms with van der Waals surface area (Å²) in [5, 5.41) is 19.4. The number of carbonyl (C=O) groups is 1. The lowest BCUT2D eigenvalue weighted by Gasteiger charge is -2.59. The maximum atomic E-state index is 13.5. The van der Waals surface area contributed by atoms with Gasteiger partial charge in [0.05, 0.1) is 12.3 Å². The third kappa shape index (κ3) is 3.05. The van der Waals surface area contributed by atoms with Crippen molar-refractivity contribution in [2.45, 2.75) is 58.5 Å². The molecule has 8 heteroatoms. The van der Waals surface area contributed by atoms with Crippen molar-refractivity contribution in [1.29, 1.82) is 0 Å². The summed E-state index contributed by atoms with van der Waals surface area (Å²) in [5.74, 6) is 1.84. The van der Waals surface area contributed by atoms with Crippen LogP contribution in [-0.4, -0.2) is 32.2 Å². The fraction of sp³-hybridized carbons (Fsp3) is 0.556. The number of aromatic nitrogens is 3. The van der Waals surface area contributed by atoms with Crippen LogP contribution in [0.25, 0.3) is 16.4 Å². The molecule has 0 bridgehead atoms. The number of carbonyl (C=O) groups excluding carboxylic acids is 1. The minimum absolute atomic E-state index is 0.0362. The molecular weight excluding hydrogens is 460 g/mol. The molecule has 3 aromatic rings. The van der Waals surface area contributed by atoms with E-state index in [1.54, 1.807) is 6.20 Å². The van der Waals surface area contributed by atoms with Crippen LogP contribution in [0.4, 0.5) is 5.13 Å². The van der Waals surface area contributed by atoms with E-state index >= 15 is 0 Å². The van der Waals surface area contributed by atoms with E-state index in [1.807, 2.05) is 18.3 Å². The number of allylic oxidation sites excluding steroid dienone is 1. The number of nitrogens with one attached hydrogen (secondary N) is 1. The molecule has 3 unspecified atom stereocenters. The van der Waals surface area contributed by atoms with Crippen LogP contribution in [0.2, 0.25) is 0 Å². The maximum absolute atomic E-state index is 13.5. The molecule has 182 valence electrons. The van der Waals surface area contributed by atoms with Crippen molar-refractivity contribution in [1.82, 2.24) is 15.1 Å². The highest BCUT2D eigenvalue weighted by atomic mass is 32.1. The highest BCUT2D eigenvalue weighted by molar-refractivity contribution is 7.21. The Morgan fingerprint density at radius 2 is 2.17 bits per heavy atom. The van der Waals surface area contributed by atoms with Gasteiger partial charge in [-0.3, -0.25) is 4.79 Å². The number of pyridine rings is 1. The van der Waals surface area contributed by atoms with E-state index in [1.165, 1.54) is 16.9 Å². The number of aliphatic hydroxyl groups is 1. The Bertz CT molecular complexity index is 1330. The maximum Gasteiger partial charge on any atom is 0.229 e. The molecule has 0 aromatic carbocycles. The summed E-state index contributed by atoms with van der Waals surface area (Å²) in [7, 11) is 0. The molecule has 0 spiro atoms. The smallest absolute Gasteiger partial charge is 0.229 e. The zero-order valence-electron chi connectivity index (χ0n) is 20.0. The van der Waals surface area contributed by atoms with E-state index in [0.29, 0.717) is 23.4 Å². The van der Waals surface area contributed by atoms with Gasteiger partial charge in [0.15, 0.2) is 10.9 Å². The van der Waals surface area contributed by atoms with Gasteiger partial charge in [0.1, 0.15) is 10.3 Å². The summed E-state index contributed by atoms with van der Waals surface area (Å²) in [4.78, 5) is 23.3. The molecule has 0 saturated heterocycles. The first kappa shape index (κ1) is 21.7. The number of fused-ring (bicyclic) bond motifs is 7. The molecular formula is C27H30N4O3S. The number of thiazole rings is 1. The third-order valence-electron chi connectivity index (χ3n) is 9.92. The first-order valence-electron chi connectivity index (χ1n) is 12.7. The van der Waals surface area contributed by atoms with Crippen molar-refractivity contribution in [3.8, 4) is 0 Å². The van der Waals surface area contributed by atoms with Crippen molar-refractivity contribution in [2.24, 2.45) is 34.5 Å². The van der Waals surface area contributed by atoms with Gasteiger partial charge in [0.25, 0.3) is 0 Å². The summed E-state index contributed by atoms with van der Waals surface area (Å²) in [6, 6.07) is 3.77. The van der Waals surface area contributed by atoms with E-state index < -0.39 is 6.10 Å². The predicted octanol–water partition coefficient (Wildman–Crippen LogP) is 5.09. The SMILES string of the molecule is C[C@]12Cc3cnoc3C=C1CCC1C2[C@@H](O)C[C@@]2(C)C1CC[C@@H]2C(=O)Nc1nc2cccnc2s1. The van der Waals surface area contributed by atoms with Crippen molar-refractivity contribution in [2.75, 3.05) is 5.32 Å². The van der Waals surface area contributed by atoms with Crippen molar-refractivity contribution < 1.29 is 14.4 Å². The van der Waals surface area contributed by atoms with Gasteiger partial charge in [-0.05, 0) is 85.3 Å². The molecule has 3 heterocycles. The number of nitrogens with zero attached hydrogens (tertiary/aromatic N) is 3. The summed E-state index contributed by atoms with van der Waals surface area (Å²) in [6.45, 7) is 4.58. The van der Waals surface area contributed by atoms with Gasteiger partial charge in [0.2, 0.25) is 5.91 Å². The van der Waals surface area contributed by atoms with Crippen molar-refractivity contribution in [3.05, 3.63) is 41.4 Å². The van der Waals surface area contributed by atoms with Gasteiger partial charge in [-0.15, -0.1) is 0 Å². The standard InChI is InChI=1S/C27H30N4O3S/c1-26-11-14-13-29-34-21(14)10-15(26)5-6-16-17-7-8-18(27(17,2)12-20(32)22(16)26)23(33)31-25-30-19-4-3-9-28-24(19)35-25/h3-4,9-10,13,16-18,20,22,32H,5-8,11-12H2,1-2H3,(H,30,31,33)/t16?,17?,18-,20+,22?,26+,27+/m1/s1. The molecule has 1 amide bonds. The fourth-order valence-corrected chi connectivity index (χ4v) is 9.27. The Kier molecular flexibility index (Phi) is 4.62. The molecule has 7 nitrogen and oxygen atoms in total. The second-order valence-electron chi connectivity index (χ2n) is 11.6. The molecule has 3 aromatic heterocycles. The van der Waals surface area contributed by atoms with E-state index in [0.717, 1.165) is 53.8 Å². The van der Waals surface area contributed by atoms with Gasteiger partial charge < -0.3 is 14.9 Å². The van der Waals surface area contributed by atoms with Crippen LogP contribution in [0.3, 0.4) is 0 Å². The monoisotopic (exact) mass is 490 g/mol. The van der Waals surface area contributed by atoms with E-state index in [9.17, 15) is 9.90 Å². The summed E-state index contributed by atoms with van der Waals surface area (Å²) in [5.41, 5.74) is 3.04.